The maximum absolute atomic E-state index is 10.8. The molecular formula is C14H20N2O3. The molecule has 5 heteroatoms. The van der Waals surface area contributed by atoms with E-state index in [2.05, 4.69) is 11.8 Å². The third kappa shape index (κ3) is 3.23. The van der Waals surface area contributed by atoms with E-state index in [4.69, 9.17) is 0 Å². The summed E-state index contributed by atoms with van der Waals surface area (Å²) >= 11 is 0. The third-order valence-corrected chi connectivity index (χ3v) is 3.80. The van der Waals surface area contributed by atoms with E-state index in [9.17, 15) is 15.2 Å². The van der Waals surface area contributed by atoms with Crippen molar-refractivity contribution in [3.8, 4) is 0 Å². The zero-order chi connectivity index (χ0) is 13.8. The molecule has 0 amide bonds. The Morgan fingerprint density at radius 3 is 2.89 bits per heavy atom. The quantitative estimate of drug-likeness (QED) is 0.673. The monoisotopic (exact) mass is 264 g/mol. The number of aliphatic hydroxyl groups excluding tert-OH is 1. The number of non-ortho nitro benzene ring substituents is 1. The van der Waals surface area contributed by atoms with Crippen molar-refractivity contribution in [1.29, 1.82) is 0 Å². The molecule has 1 saturated heterocycles. The highest BCUT2D eigenvalue weighted by Crippen LogP contribution is 2.28. The Hall–Kier alpha value is -1.62. The molecule has 1 unspecified atom stereocenters. The first-order valence-corrected chi connectivity index (χ1v) is 6.75. The van der Waals surface area contributed by atoms with Crippen LogP contribution in [0.5, 0.6) is 0 Å². The number of nitro benzene ring substituents is 1. The molecule has 1 aliphatic rings. The van der Waals surface area contributed by atoms with Gasteiger partial charge in [0.05, 0.1) is 11.5 Å². The smallest absolute Gasteiger partial charge is 0.269 e. The first-order valence-electron chi connectivity index (χ1n) is 6.75. The number of hydrogen-bond acceptors (Lipinski definition) is 4. The second kappa shape index (κ2) is 6.02. The van der Waals surface area contributed by atoms with Gasteiger partial charge in [-0.2, -0.15) is 0 Å². The molecule has 1 fully saturated rings. The van der Waals surface area contributed by atoms with Gasteiger partial charge in [0.25, 0.3) is 5.69 Å². The average Bonchev–Trinajstić information content (AvgIpc) is 2.62. The van der Waals surface area contributed by atoms with Gasteiger partial charge in [0.1, 0.15) is 0 Å². The molecule has 0 saturated carbocycles. The summed E-state index contributed by atoms with van der Waals surface area (Å²) in [5.41, 5.74) is 1.61. The molecule has 0 spiro atoms. The number of benzene rings is 1. The van der Waals surface area contributed by atoms with Gasteiger partial charge in [-0.3, -0.25) is 10.1 Å². The highest BCUT2D eigenvalue weighted by atomic mass is 16.6. The Balaban J connectivity index is 2.25. The molecular weight excluding hydrogens is 244 g/mol. The summed E-state index contributed by atoms with van der Waals surface area (Å²) in [4.78, 5) is 12.6. The van der Waals surface area contributed by atoms with Gasteiger partial charge in [-0.15, -0.1) is 0 Å². The van der Waals surface area contributed by atoms with Crippen LogP contribution in [0, 0.1) is 16.0 Å². The molecule has 1 aliphatic heterocycles. The first kappa shape index (κ1) is 13.8. The van der Waals surface area contributed by atoms with Crippen molar-refractivity contribution in [2.24, 2.45) is 5.92 Å². The van der Waals surface area contributed by atoms with Crippen LogP contribution < -0.4 is 4.90 Å². The molecule has 1 heterocycles. The van der Waals surface area contributed by atoms with Crippen LogP contribution in [-0.4, -0.2) is 23.1 Å². The van der Waals surface area contributed by atoms with Crippen molar-refractivity contribution in [2.75, 3.05) is 18.0 Å². The second-order valence-electron chi connectivity index (χ2n) is 5.25. The molecule has 0 aliphatic carbocycles. The van der Waals surface area contributed by atoms with E-state index >= 15 is 0 Å². The van der Waals surface area contributed by atoms with E-state index in [-0.39, 0.29) is 12.3 Å². The van der Waals surface area contributed by atoms with Crippen molar-refractivity contribution in [3.63, 3.8) is 0 Å². The number of anilines is 1. The molecule has 104 valence electrons. The maximum atomic E-state index is 10.8. The zero-order valence-corrected chi connectivity index (χ0v) is 11.2. The Bertz CT molecular complexity index is 462. The van der Waals surface area contributed by atoms with Gasteiger partial charge in [-0.1, -0.05) is 6.92 Å². The van der Waals surface area contributed by atoms with Crippen LogP contribution in [0.4, 0.5) is 11.4 Å². The van der Waals surface area contributed by atoms with Gasteiger partial charge < -0.3 is 10.0 Å². The Labute approximate surface area is 113 Å². The number of rotatable bonds is 3. The van der Waals surface area contributed by atoms with Crippen LogP contribution in [0.25, 0.3) is 0 Å². The fourth-order valence-electron chi connectivity index (χ4n) is 2.62. The molecule has 1 N–H and O–H groups in total. The molecule has 0 bridgehead atoms. The Kier molecular flexibility index (Phi) is 4.37. The van der Waals surface area contributed by atoms with E-state index in [0.29, 0.717) is 5.56 Å². The topological polar surface area (TPSA) is 66.6 Å². The minimum absolute atomic E-state index is 0.0380. The summed E-state index contributed by atoms with van der Waals surface area (Å²) in [7, 11) is 0. The lowest BCUT2D eigenvalue weighted by Crippen LogP contribution is -2.25. The molecule has 1 aromatic carbocycles. The minimum Gasteiger partial charge on any atom is -0.392 e. The van der Waals surface area contributed by atoms with Crippen LogP contribution in [-0.2, 0) is 6.61 Å². The molecule has 5 nitrogen and oxygen atoms in total. The Morgan fingerprint density at radius 1 is 1.42 bits per heavy atom. The lowest BCUT2D eigenvalue weighted by molar-refractivity contribution is -0.384. The number of nitro groups is 1. The molecule has 0 aromatic heterocycles. The van der Waals surface area contributed by atoms with Gasteiger partial charge in [0.15, 0.2) is 0 Å². The fraction of sp³-hybridized carbons (Fsp3) is 0.571. The molecule has 1 atom stereocenters. The fourth-order valence-corrected chi connectivity index (χ4v) is 2.62. The highest BCUT2D eigenvalue weighted by molar-refractivity contribution is 5.57. The minimum atomic E-state index is -0.423. The number of hydrogen-bond donors (Lipinski definition) is 1. The van der Waals surface area contributed by atoms with Crippen LogP contribution in [0.15, 0.2) is 18.2 Å². The molecule has 1 aromatic rings. The van der Waals surface area contributed by atoms with Gasteiger partial charge in [0.2, 0.25) is 0 Å². The van der Waals surface area contributed by atoms with Gasteiger partial charge >= 0.3 is 0 Å². The van der Waals surface area contributed by atoms with Crippen molar-refractivity contribution in [1.82, 2.24) is 0 Å². The maximum Gasteiger partial charge on any atom is 0.269 e. The van der Waals surface area contributed by atoms with Gasteiger partial charge in [0, 0.05) is 36.5 Å². The van der Waals surface area contributed by atoms with E-state index in [0.717, 1.165) is 37.5 Å². The second-order valence-corrected chi connectivity index (χ2v) is 5.25. The number of aliphatic hydroxyl groups is 1. The van der Waals surface area contributed by atoms with Crippen LogP contribution in [0.3, 0.4) is 0 Å². The van der Waals surface area contributed by atoms with E-state index in [1.807, 2.05) is 0 Å². The van der Waals surface area contributed by atoms with Gasteiger partial charge in [-0.25, -0.2) is 0 Å². The summed E-state index contributed by atoms with van der Waals surface area (Å²) in [6.07, 6.45) is 3.48. The summed E-state index contributed by atoms with van der Waals surface area (Å²) in [6.45, 7) is 4.00. The summed E-state index contributed by atoms with van der Waals surface area (Å²) in [6, 6.07) is 4.76. The molecule has 0 radical (unpaired) electrons. The Morgan fingerprint density at radius 2 is 2.21 bits per heavy atom. The van der Waals surface area contributed by atoms with Crippen molar-refractivity contribution < 1.29 is 10.0 Å². The normalized spacial score (nSPS) is 20.1. The van der Waals surface area contributed by atoms with Gasteiger partial charge in [-0.05, 0) is 31.2 Å². The van der Waals surface area contributed by atoms with E-state index in [1.54, 1.807) is 6.07 Å². The van der Waals surface area contributed by atoms with Crippen molar-refractivity contribution in [3.05, 3.63) is 33.9 Å². The SMILES string of the molecule is CC1CCCN(c2ccc([N+](=O)[O-])cc2CO)CC1. The molecule has 2 rings (SSSR count). The van der Waals surface area contributed by atoms with Crippen LogP contribution in [0.2, 0.25) is 0 Å². The number of nitrogens with zero attached hydrogens (tertiary/aromatic N) is 2. The molecule has 19 heavy (non-hydrogen) atoms. The average molecular weight is 264 g/mol. The largest absolute Gasteiger partial charge is 0.392 e. The van der Waals surface area contributed by atoms with E-state index in [1.165, 1.54) is 18.6 Å². The van der Waals surface area contributed by atoms with Crippen molar-refractivity contribution in [2.45, 2.75) is 32.8 Å². The zero-order valence-electron chi connectivity index (χ0n) is 11.2. The van der Waals surface area contributed by atoms with Crippen LogP contribution in [0.1, 0.15) is 31.7 Å². The van der Waals surface area contributed by atoms with Crippen LogP contribution >= 0.6 is 0 Å². The lowest BCUT2D eigenvalue weighted by Gasteiger charge is -2.25. The lowest BCUT2D eigenvalue weighted by atomic mass is 10.0. The third-order valence-electron chi connectivity index (χ3n) is 3.80. The summed E-state index contributed by atoms with van der Waals surface area (Å²) in [5, 5.41) is 20.2. The highest BCUT2D eigenvalue weighted by Gasteiger charge is 2.18. The predicted molar refractivity (Wildman–Crippen MR) is 74.2 cm³/mol. The summed E-state index contributed by atoms with van der Waals surface area (Å²) < 4.78 is 0. The summed E-state index contributed by atoms with van der Waals surface area (Å²) in [5.74, 6) is 0.723. The first-order chi connectivity index (χ1) is 9.11. The standard InChI is InChI=1S/C14H20N2O3/c1-11-3-2-7-15(8-6-11)14-5-4-13(16(18)19)9-12(14)10-17/h4-5,9,11,17H,2-3,6-8,10H2,1H3. The van der Waals surface area contributed by atoms with E-state index < -0.39 is 4.92 Å². The predicted octanol–water partition coefficient (Wildman–Crippen LogP) is 2.71. The van der Waals surface area contributed by atoms with Crippen molar-refractivity contribution >= 4 is 11.4 Å².